The van der Waals surface area contributed by atoms with Crippen LogP contribution < -0.4 is 20.9 Å². The van der Waals surface area contributed by atoms with Gasteiger partial charge in [0, 0.05) is 49.1 Å². The highest BCUT2D eigenvalue weighted by molar-refractivity contribution is 5.67. The van der Waals surface area contributed by atoms with E-state index in [2.05, 4.69) is 62.2 Å². The molecule has 0 radical (unpaired) electrons. The van der Waals surface area contributed by atoms with Crippen LogP contribution in [0.3, 0.4) is 0 Å². The molecule has 218 valence electrons. The first-order chi connectivity index (χ1) is 19.9. The average Bonchev–Trinajstić information content (AvgIpc) is 3.54. The number of hydrogen-bond acceptors (Lipinski definition) is 5. The van der Waals surface area contributed by atoms with Crippen molar-refractivity contribution in [3.63, 3.8) is 0 Å². The molecule has 3 aliphatic rings. The standard InChI is InChI=1S/C33H40F3N5/c34-33(35,36)26-12-14-28(15-13-26)41-19-5-8-27(22-41)39-30-9-1-2-10-31(30)40-32-21-24(16-18-38-32)23-6-3-7-25(20-23)29-11-4-17-37-29/h3,6-7,12-16,18,20-21,27,29-31,37,39H,1-2,4-5,8-11,17,19,22H2,(H,38,40)/t27?,29?,30-,31?/m1/s1. The molecule has 1 saturated carbocycles. The van der Waals surface area contributed by atoms with Gasteiger partial charge in [0.25, 0.3) is 0 Å². The van der Waals surface area contributed by atoms with Gasteiger partial charge >= 0.3 is 6.18 Å². The van der Waals surface area contributed by atoms with Crippen molar-refractivity contribution in [3.05, 3.63) is 78.0 Å². The number of alkyl halides is 3. The van der Waals surface area contributed by atoms with E-state index in [0.717, 1.165) is 56.8 Å². The second kappa shape index (κ2) is 12.4. The van der Waals surface area contributed by atoms with Gasteiger partial charge in [-0.05, 0) is 104 Å². The van der Waals surface area contributed by atoms with Crippen LogP contribution in [0.15, 0.2) is 66.9 Å². The summed E-state index contributed by atoms with van der Waals surface area (Å²) in [6.07, 6.45) is 6.66. The predicted octanol–water partition coefficient (Wildman–Crippen LogP) is 7.17. The molecule has 4 atom stereocenters. The number of nitrogens with zero attached hydrogens (tertiary/aromatic N) is 2. The van der Waals surface area contributed by atoms with Crippen LogP contribution in [0.2, 0.25) is 0 Å². The molecule has 2 aromatic carbocycles. The highest BCUT2D eigenvalue weighted by Gasteiger charge is 2.32. The summed E-state index contributed by atoms with van der Waals surface area (Å²) in [5.74, 6) is 0.903. The van der Waals surface area contributed by atoms with Crippen LogP contribution in [0.25, 0.3) is 11.1 Å². The minimum atomic E-state index is -4.31. The molecule has 3 fully saturated rings. The van der Waals surface area contributed by atoms with E-state index >= 15 is 0 Å². The largest absolute Gasteiger partial charge is 0.416 e. The van der Waals surface area contributed by atoms with E-state index in [4.69, 9.17) is 0 Å². The lowest BCUT2D eigenvalue weighted by Gasteiger charge is -2.40. The molecule has 0 bridgehead atoms. The first-order valence-corrected chi connectivity index (χ1v) is 15.2. The summed E-state index contributed by atoms with van der Waals surface area (Å²) in [6, 6.07) is 20.0. The SMILES string of the molecule is FC(F)(F)c1ccc(N2CCCC(N[C@@H]3CCCCC3Nc3cc(-c4cccc(C5CCCN5)c4)ccn3)C2)cc1. The molecule has 0 spiro atoms. The number of halogens is 3. The average molecular weight is 564 g/mol. The minimum absolute atomic E-state index is 0.280. The van der Waals surface area contributed by atoms with E-state index in [0.29, 0.717) is 18.1 Å². The fraction of sp³-hybridized carbons (Fsp3) is 0.485. The number of aromatic nitrogens is 1. The molecule has 3 N–H and O–H groups in total. The van der Waals surface area contributed by atoms with Crippen LogP contribution in [0.4, 0.5) is 24.7 Å². The van der Waals surface area contributed by atoms with E-state index in [1.807, 2.05) is 6.20 Å². The first kappa shape index (κ1) is 28.0. The van der Waals surface area contributed by atoms with Crippen LogP contribution in [-0.4, -0.2) is 42.7 Å². The Hall–Kier alpha value is -3.10. The first-order valence-electron chi connectivity index (χ1n) is 15.2. The highest BCUT2D eigenvalue weighted by Crippen LogP contribution is 2.32. The molecule has 1 aromatic heterocycles. The molecular weight excluding hydrogens is 523 g/mol. The van der Waals surface area contributed by atoms with Crippen molar-refractivity contribution >= 4 is 11.5 Å². The van der Waals surface area contributed by atoms with Crippen molar-refractivity contribution < 1.29 is 13.2 Å². The summed E-state index contributed by atoms with van der Waals surface area (Å²) >= 11 is 0. The Morgan fingerprint density at radius 2 is 1.63 bits per heavy atom. The molecule has 5 nitrogen and oxygen atoms in total. The fourth-order valence-corrected chi connectivity index (χ4v) is 6.80. The molecule has 8 heteroatoms. The maximum absolute atomic E-state index is 13.0. The Labute approximate surface area is 240 Å². The fourth-order valence-electron chi connectivity index (χ4n) is 6.80. The summed E-state index contributed by atoms with van der Waals surface area (Å²) in [6.45, 7) is 2.75. The summed E-state index contributed by atoms with van der Waals surface area (Å²) < 4.78 is 39.1. The maximum Gasteiger partial charge on any atom is 0.416 e. The number of hydrogen-bond donors (Lipinski definition) is 3. The maximum atomic E-state index is 13.0. The third kappa shape index (κ3) is 6.87. The molecule has 2 aliphatic heterocycles. The zero-order chi connectivity index (χ0) is 28.2. The van der Waals surface area contributed by atoms with Crippen LogP contribution in [0.1, 0.15) is 68.5 Å². The van der Waals surface area contributed by atoms with E-state index in [9.17, 15) is 13.2 Å². The summed E-state index contributed by atoms with van der Waals surface area (Å²) in [5.41, 5.74) is 3.99. The van der Waals surface area contributed by atoms with Gasteiger partial charge in [0.05, 0.1) is 5.56 Å². The molecule has 0 amide bonds. The number of benzene rings is 2. The zero-order valence-corrected chi connectivity index (χ0v) is 23.5. The third-order valence-corrected chi connectivity index (χ3v) is 8.97. The van der Waals surface area contributed by atoms with Gasteiger partial charge in [-0.1, -0.05) is 31.0 Å². The number of piperidine rings is 1. The lowest BCUT2D eigenvalue weighted by molar-refractivity contribution is -0.137. The van der Waals surface area contributed by atoms with Gasteiger partial charge < -0.3 is 20.9 Å². The summed E-state index contributed by atoms with van der Waals surface area (Å²) in [7, 11) is 0. The van der Waals surface area contributed by atoms with Gasteiger partial charge in [-0.2, -0.15) is 13.2 Å². The minimum Gasteiger partial charge on any atom is -0.370 e. The van der Waals surface area contributed by atoms with Crippen molar-refractivity contribution in [2.24, 2.45) is 0 Å². The Kier molecular flexibility index (Phi) is 8.49. The smallest absolute Gasteiger partial charge is 0.370 e. The number of nitrogens with one attached hydrogen (secondary N) is 3. The van der Waals surface area contributed by atoms with Crippen molar-refractivity contribution in [3.8, 4) is 11.1 Å². The Morgan fingerprint density at radius 1 is 0.829 bits per heavy atom. The quantitative estimate of drug-likeness (QED) is 0.285. The molecule has 41 heavy (non-hydrogen) atoms. The summed E-state index contributed by atoms with van der Waals surface area (Å²) in [5, 5.41) is 11.3. The number of pyridine rings is 1. The van der Waals surface area contributed by atoms with Gasteiger partial charge in [0.2, 0.25) is 0 Å². The highest BCUT2D eigenvalue weighted by atomic mass is 19.4. The van der Waals surface area contributed by atoms with E-state index < -0.39 is 11.7 Å². The van der Waals surface area contributed by atoms with E-state index in [-0.39, 0.29) is 6.04 Å². The molecular formula is C33H40F3N5. The lowest BCUT2D eigenvalue weighted by Crippen LogP contribution is -2.55. The Balaban J connectivity index is 1.10. The van der Waals surface area contributed by atoms with Crippen molar-refractivity contribution in [2.45, 2.75) is 81.7 Å². The molecule has 3 heterocycles. The Morgan fingerprint density at radius 3 is 2.41 bits per heavy atom. The molecule has 3 aromatic rings. The number of anilines is 2. The monoisotopic (exact) mass is 563 g/mol. The van der Waals surface area contributed by atoms with Crippen LogP contribution in [-0.2, 0) is 6.18 Å². The van der Waals surface area contributed by atoms with Crippen molar-refractivity contribution in [1.82, 2.24) is 15.6 Å². The molecule has 6 rings (SSSR count). The van der Waals surface area contributed by atoms with Crippen molar-refractivity contribution in [2.75, 3.05) is 29.9 Å². The van der Waals surface area contributed by atoms with Crippen molar-refractivity contribution in [1.29, 1.82) is 0 Å². The van der Waals surface area contributed by atoms with Crippen LogP contribution in [0.5, 0.6) is 0 Å². The second-order valence-corrected chi connectivity index (χ2v) is 11.8. The third-order valence-electron chi connectivity index (χ3n) is 8.97. The molecule has 1 aliphatic carbocycles. The van der Waals surface area contributed by atoms with E-state index in [1.165, 1.54) is 54.5 Å². The van der Waals surface area contributed by atoms with Crippen LogP contribution >= 0.6 is 0 Å². The van der Waals surface area contributed by atoms with Gasteiger partial charge in [-0.3, -0.25) is 0 Å². The second-order valence-electron chi connectivity index (χ2n) is 11.8. The van der Waals surface area contributed by atoms with Gasteiger partial charge in [0.1, 0.15) is 5.82 Å². The molecule has 3 unspecified atom stereocenters. The van der Waals surface area contributed by atoms with Gasteiger partial charge in [-0.25, -0.2) is 4.98 Å². The van der Waals surface area contributed by atoms with Gasteiger partial charge in [0.15, 0.2) is 0 Å². The van der Waals surface area contributed by atoms with E-state index in [1.54, 1.807) is 12.1 Å². The lowest BCUT2D eigenvalue weighted by atomic mass is 9.89. The van der Waals surface area contributed by atoms with Gasteiger partial charge in [-0.15, -0.1) is 0 Å². The normalized spacial score (nSPS) is 25.3. The topological polar surface area (TPSA) is 52.2 Å². The number of rotatable bonds is 7. The zero-order valence-electron chi connectivity index (χ0n) is 23.5. The predicted molar refractivity (Wildman–Crippen MR) is 159 cm³/mol. The molecule has 2 saturated heterocycles. The summed E-state index contributed by atoms with van der Waals surface area (Å²) in [4.78, 5) is 6.89. The van der Waals surface area contributed by atoms with Crippen LogP contribution in [0, 0.1) is 0 Å². The Bertz CT molecular complexity index is 1290.